The largest absolute Gasteiger partial charge is 0.477 e. The molecule has 0 aliphatic heterocycles. The van der Waals surface area contributed by atoms with Crippen LogP contribution in [0.5, 0.6) is 0 Å². The summed E-state index contributed by atoms with van der Waals surface area (Å²) < 4.78 is 26.1. The molecule has 2 aromatic heterocycles. The molecular weight excluding hydrogens is 294 g/mol. The zero-order valence-corrected chi connectivity index (χ0v) is 10.9. The number of pyridine rings is 1. The smallest absolute Gasteiger partial charge is 0.352 e. The van der Waals surface area contributed by atoms with Gasteiger partial charge in [-0.05, 0) is 18.2 Å². The molecule has 100 valence electrons. The first-order chi connectivity index (χ1) is 8.88. The van der Waals surface area contributed by atoms with Crippen LogP contribution in [-0.2, 0) is 10.0 Å². The lowest BCUT2D eigenvalue weighted by Gasteiger charge is -2.05. The third-order valence-electron chi connectivity index (χ3n) is 2.18. The topological polar surface area (TPSA) is 112 Å². The molecule has 0 radical (unpaired) electrons. The number of rotatable bonds is 4. The Labute approximate surface area is 113 Å². The number of hydrogen-bond donors (Lipinski definition) is 3. The van der Waals surface area contributed by atoms with E-state index in [1.54, 1.807) is 0 Å². The average Bonchev–Trinajstić information content (AvgIpc) is 2.82. The van der Waals surface area contributed by atoms with Crippen molar-refractivity contribution >= 4 is 33.3 Å². The first-order valence-corrected chi connectivity index (χ1v) is 6.81. The number of anilines is 1. The quantitative estimate of drug-likeness (QED) is 0.742. The van der Waals surface area contributed by atoms with Crippen molar-refractivity contribution in [1.82, 2.24) is 9.97 Å². The van der Waals surface area contributed by atoms with E-state index >= 15 is 0 Å². The van der Waals surface area contributed by atoms with Crippen molar-refractivity contribution in [2.45, 2.75) is 4.90 Å². The summed E-state index contributed by atoms with van der Waals surface area (Å²) in [5, 5.41) is 8.95. The molecule has 0 spiro atoms. The van der Waals surface area contributed by atoms with E-state index in [4.69, 9.17) is 16.7 Å². The van der Waals surface area contributed by atoms with E-state index in [2.05, 4.69) is 14.7 Å². The molecule has 0 aliphatic carbocycles. The normalized spacial score (nSPS) is 11.2. The number of nitrogens with zero attached hydrogens (tertiary/aromatic N) is 1. The fourth-order valence-corrected chi connectivity index (χ4v) is 2.45. The van der Waals surface area contributed by atoms with E-state index in [1.807, 2.05) is 0 Å². The van der Waals surface area contributed by atoms with Crippen LogP contribution < -0.4 is 4.72 Å². The lowest BCUT2D eigenvalue weighted by atomic mass is 10.4. The molecule has 3 N–H and O–H groups in total. The van der Waals surface area contributed by atoms with Crippen molar-refractivity contribution in [3.8, 4) is 0 Å². The minimum absolute atomic E-state index is 0.181. The van der Waals surface area contributed by atoms with Crippen LogP contribution in [0.2, 0.25) is 5.15 Å². The molecule has 2 aromatic rings. The summed E-state index contributed by atoms with van der Waals surface area (Å²) in [5.41, 5.74) is 0.0112. The van der Waals surface area contributed by atoms with Crippen LogP contribution in [-0.4, -0.2) is 29.5 Å². The van der Waals surface area contributed by atoms with Gasteiger partial charge in [-0.2, -0.15) is 0 Å². The second kappa shape index (κ2) is 4.90. The molecule has 0 amide bonds. The second-order valence-corrected chi connectivity index (χ2v) is 5.60. The van der Waals surface area contributed by atoms with Gasteiger partial charge in [-0.1, -0.05) is 11.6 Å². The molecule has 0 atom stereocenters. The highest BCUT2D eigenvalue weighted by molar-refractivity contribution is 7.92. The van der Waals surface area contributed by atoms with Gasteiger partial charge in [0, 0.05) is 6.20 Å². The zero-order valence-electron chi connectivity index (χ0n) is 9.29. The first kappa shape index (κ1) is 13.4. The summed E-state index contributed by atoms with van der Waals surface area (Å²) in [5.74, 6) is -1.24. The van der Waals surface area contributed by atoms with Crippen molar-refractivity contribution in [1.29, 1.82) is 0 Å². The third-order valence-corrected chi connectivity index (χ3v) is 3.76. The van der Waals surface area contributed by atoms with Gasteiger partial charge in [-0.25, -0.2) is 18.2 Å². The molecule has 0 saturated carbocycles. The number of aromatic carboxylic acids is 1. The molecule has 7 nitrogen and oxygen atoms in total. The Morgan fingerprint density at radius 3 is 2.68 bits per heavy atom. The van der Waals surface area contributed by atoms with E-state index in [0.29, 0.717) is 0 Å². The summed E-state index contributed by atoms with van der Waals surface area (Å²) in [7, 11) is -3.87. The summed E-state index contributed by atoms with van der Waals surface area (Å²) in [4.78, 5) is 16.6. The summed E-state index contributed by atoms with van der Waals surface area (Å²) in [6.07, 6.45) is 2.35. The molecular formula is C10H8ClN3O4S. The zero-order chi connectivity index (χ0) is 14.0. The number of nitrogens with one attached hydrogen (secondary N) is 2. The van der Waals surface area contributed by atoms with Gasteiger partial charge in [0.05, 0.1) is 11.9 Å². The summed E-state index contributed by atoms with van der Waals surface area (Å²) in [6, 6.07) is 3.89. The Hall–Kier alpha value is -2.06. The maximum atomic E-state index is 11.9. The molecule has 0 fully saturated rings. The number of aromatic nitrogens is 2. The highest BCUT2D eigenvalue weighted by Gasteiger charge is 2.18. The fourth-order valence-electron chi connectivity index (χ4n) is 1.30. The molecule has 2 heterocycles. The second-order valence-electron chi connectivity index (χ2n) is 3.53. The maximum Gasteiger partial charge on any atom is 0.352 e. The van der Waals surface area contributed by atoms with E-state index < -0.39 is 16.0 Å². The Kier molecular flexibility index (Phi) is 3.45. The van der Waals surface area contributed by atoms with Gasteiger partial charge in [-0.3, -0.25) is 4.72 Å². The molecule has 9 heteroatoms. The van der Waals surface area contributed by atoms with Crippen LogP contribution in [0.3, 0.4) is 0 Å². The number of halogens is 1. The molecule has 0 unspecified atom stereocenters. The van der Waals surface area contributed by atoms with Gasteiger partial charge < -0.3 is 10.1 Å². The number of hydrogen-bond acceptors (Lipinski definition) is 4. The van der Waals surface area contributed by atoms with E-state index in [9.17, 15) is 13.2 Å². The molecule has 0 aliphatic rings. The Morgan fingerprint density at radius 2 is 2.16 bits per heavy atom. The lowest BCUT2D eigenvalue weighted by molar-refractivity contribution is 0.0691. The number of H-pyrrole nitrogens is 1. The van der Waals surface area contributed by atoms with Crippen LogP contribution in [0, 0.1) is 0 Å². The lowest BCUT2D eigenvalue weighted by Crippen LogP contribution is -2.12. The van der Waals surface area contributed by atoms with Gasteiger partial charge in [0.15, 0.2) is 0 Å². The third kappa shape index (κ3) is 3.04. The van der Waals surface area contributed by atoms with Crippen molar-refractivity contribution in [3.05, 3.63) is 41.4 Å². The number of carboxylic acids is 1. The SMILES string of the molecule is O=C(O)c1cc(S(=O)(=O)Nc2ccc(Cl)nc2)c[nH]1. The van der Waals surface area contributed by atoms with Gasteiger partial charge in [0.25, 0.3) is 10.0 Å². The number of aromatic amines is 1. The number of sulfonamides is 1. The van der Waals surface area contributed by atoms with Crippen LogP contribution >= 0.6 is 11.6 Å². The summed E-state index contributed by atoms with van der Waals surface area (Å²) >= 11 is 5.58. The van der Waals surface area contributed by atoms with Crippen molar-refractivity contribution < 1.29 is 18.3 Å². The standard InChI is InChI=1S/C10H8ClN3O4S/c11-9-2-1-6(4-13-9)14-19(17,18)7-3-8(10(15)16)12-5-7/h1-5,12,14H,(H,15,16). The number of carboxylic acid groups (broad SMARTS) is 1. The van der Waals surface area contributed by atoms with E-state index in [0.717, 1.165) is 12.3 Å². The van der Waals surface area contributed by atoms with E-state index in [-0.39, 0.29) is 21.4 Å². The van der Waals surface area contributed by atoms with Crippen molar-refractivity contribution in [3.63, 3.8) is 0 Å². The monoisotopic (exact) mass is 301 g/mol. The Bertz CT molecular complexity index is 709. The fraction of sp³-hybridized carbons (Fsp3) is 0. The van der Waals surface area contributed by atoms with Gasteiger partial charge in [0.1, 0.15) is 15.7 Å². The van der Waals surface area contributed by atoms with Crippen LogP contribution in [0.25, 0.3) is 0 Å². The van der Waals surface area contributed by atoms with Gasteiger partial charge in [0.2, 0.25) is 0 Å². The first-order valence-electron chi connectivity index (χ1n) is 4.94. The van der Waals surface area contributed by atoms with Crippen molar-refractivity contribution in [2.24, 2.45) is 0 Å². The average molecular weight is 302 g/mol. The van der Waals surface area contributed by atoms with E-state index in [1.165, 1.54) is 18.3 Å². The highest BCUT2D eigenvalue weighted by Crippen LogP contribution is 2.17. The number of carbonyl (C=O) groups is 1. The highest BCUT2D eigenvalue weighted by atomic mass is 35.5. The molecule has 0 bridgehead atoms. The molecule has 0 aromatic carbocycles. The molecule has 19 heavy (non-hydrogen) atoms. The van der Waals surface area contributed by atoms with Crippen LogP contribution in [0.4, 0.5) is 5.69 Å². The minimum atomic E-state index is -3.87. The predicted molar refractivity (Wildman–Crippen MR) is 67.8 cm³/mol. The van der Waals surface area contributed by atoms with Gasteiger partial charge >= 0.3 is 5.97 Å². The Morgan fingerprint density at radius 1 is 1.42 bits per heavy atom. The van der Waals surface area contributed by atoms with Gasteiger partial charge in [-0.15, -0.1) is 0 Å². The molecule has 2 rings (SSSR count). The minimum Gasteiger partial charge on any atom is -0.477 e. The van der Waals surface area contributed by atoms with Crippen LogP contribution in [0.1, 0.15) is 10.5 Å². The van der Waals surface area contributed by atoms with Crippen LogP contribution in [0.15, 0.2) is 35.5 Å². The molecule has 0 saturated heterocycles. The maximum absolute atomic E-state index is 11.9. The Balaban J connectivity index is 2.26. The van der Waals surface area contributed by atoms with Crippen molar-refractivity contribution in [2.75, 3.05) is 4.72 Å². The predicted octanol–water partition coefficient (Wildman–Crippen LogP) is 1.56. The summed E-state index contributed by atoms with van der Waals surface area (Å²) in [6.45, 7) is 0.